The fourth-order valence-electron chi connectivity index (χ4n) is 3.42. The van der Waals surface area contributed by atoms with Gasteiger partial charge in [0.05, 0.1) is 19.2 Å². The molecule has 29 heavy (non-hydrogen) atoms. The lowest BCUT2D eigenvalue weighted by molar-refractivity contribution is -0.136. The van der Waals surface area contributed by atoms with E-state index < -0.39 is 5.97 Å². The van der Waals surface area contributed by atoms with Gasteiger partial charge in [-0.2, -0.15) is 0 Å². The van der Waals surface area contributed by atoms with Gasteiger partial charge in [-0.05, 0) is 41.5 Å². The molecule has 2 N–H and O–H groups in total. The Kier molecular flexibility index (Phi) is 5.20. The summed E-state index contributed by atoms with van der Waals surface area (Å²) in [5, 5.41) is 10.3. The third-order valence-corrected chi connectivity index (χ3v) is 4.81. The number of fused-ring (bicyclic) bond motifs is 1. The number of methoxy groups -OCH3 is 1. The lowest BCUT2D eigenvalue weighted by Gasteiger charge is -2.09. The normalized spacial score (nSPS) is 10.8. The standard InChI is InChI=1S/C24H21NO4/c1-28-18-10-11-22-20(13-18)21(14-23(26)27)24(25-22)17-8-5-9-19(12-17)29-15-16-6-3-2-4-7-16/h2-13,25H,14-15H2,1H3,(H,26,27). The van der Waals surface area contributed by atoms with Gasteiger partial charge in [-0.15, -0.1) is 0 Å². The number of hydrogen-bond donors (Lipinski definition) is 2. The minimum absolute atomic E-state index is 0.0857. The zero-order valence-corrected chi connectivity index (χ0v) is 16.0. The molecule has 0 aliphatic rings. The number of ether oxygens (including phenoxy) is 2. The maximum absolute atomic E-state index is 11.5. The van der Waals surface area contributed by atoms with Crippen LogP contribution in [0.15, 0.2) is 72.8 Å². The maximum Gasteiger partial charge on any atom is 0.307 e. The molecule has 5 heteroatoms. The molecule has 0 saturated carbocycles. The van der Waals surface area contributed by atoms with Crippen LogP contribution in [0.5, 0.6) is 11.5 Å². The molecule has 0 bridgehead atoms. The summed E-state index contributed by atoms with van der Waals surface area (Å²) in [7, 11) is 1.60. The average Bonchev–Trinajstić information content (AvgIpc) is 3.10. The van der Waals surface area contributed by atoms with E-state index in [1.54, 1.807) is 7.11 Å². The highest BCUT2D eigenvalue weighted by Crippen LogP contribution is 2.34. The first-order valence-electron chi connectivity index (χ1n) is 9.31. The van der Waals surface area contributed by atoms with E-state index in [2.05, 4.69) is 4.98 Å². The van der Waals surface area contributed by atoms with Gasteiger partial charge < -0.3 is 19.6 Å². The third-order valence-electron chi connectivity index (χ3n) is 4.81. The second-order valence-electron chi connectivity index (χ2n) is 6.76. The molecule has 5 nitrogen and oxygen atoms in total. The van der Waals surface area contributed by atoms with Crippen molar-refractivity contribution < 1.29 is 19.4 Å². The number of benzene rings is 3. The number of hydrogen-bond acceptors (Lipinski definition) is 3. The quantitative estimate of drug-likeness (QED) is 0.465. The Morgan fingerprint density at radius 2 is 1.79 bits per heavy atom. The summed E-state index contributed by atoms with van der Waals surface area (Å²) in [4.78, 5) is 14.9. The van der Waals surface area contributed by atoms with Crippen LogP contribution in [0.1, 0.15) is 11.1 Å². The van der Waals surface area contributed by atoms with Crippen LogP contribution in [-0.2, 0) is 17.8 Å². The molecular weight excluding hydrogens is 366 g/mol. The number of carbonyl (C=O) groups is 1. The Hall–Kier alpha value is -3.73. The predicted molar refractivity (Wildman–Crippen MR) is 112 cm³/mol. The van der Waals surface area contributed by atoms with Gasteiger partial charge in [0.2, 0.25) is 0 Å². The maximum atomic E-state index is 11.5. The molecular formula is C24H21NO4. The average molecular weight is 387 g/mol. The van der Waals surface area contributed by atoms with Crippen LogP contribution in [0.25, 0.3) is 22.2 Å². The number of carboxylic acid groups (broad SMARTS) is 1. The molecule has 0 fully saturated rings. The van der Waals surface area contributed by atoms with Crippen LogP contribution in [0.2, 0.25) is 0 Å². The van der Waals surface area contributed by atoms with Gasteiger partial charge in [0.15, 0.2) is 0 Å². The summed E-state index contributed by atoms with van der Waals surface area (Å²) in [5.41, 5.74) is 4.34. The Morgan fingerprint density at radius 3 is 2.55 bits per heavy atom. The van der Waals surface area contributed by atoms with E-state index in [-0.39, 0.29) is 6.42 Å². The number of nitrogens with one attached hydrogen (secondary N) is 1. The molecule has 3 aromatic carbocycles. The van der Waals surface area contributed by atoms with Gasteiger partial charge in [-0.25, -0.2) is 0 Å². The van der Waals surface area contributed by atoms with E-state index in [4.69, 9.17) is 9.47 Å². The van der Waals surface area contributed by atoms with E-state index in [0.29, 0.717) is 12.4 Å². The molecule has 1 aromatic heterocycles. The fraction of sp³-hybridized carbons (Fsp3) is 0.125. The topological polar surface area (TPSA) is 71.5 Å². The number of carboxylic acids is 1. The van der Waals surface area contributed by atoms with Crippen molar-refractivity contribution in [1.29, 1.82) is 0 Å². The highest BCUT2D eigenvalue weighted by atomic mass is 16.5. The first-order valence-corrected chi connectivity index (χ1v) is 9.31. The van der Waals surface area contributed by atoms with Crippen molar-refractivity contribution in [2.45, 2.75) is 13.0 Å². The Morgan fingerprint density at radius 1 is 0.966 bits per heavy atom. The van der Waals surface area contributed by atoms with E-state index in [9.17, 15) is 9.90 Å². The molecule has 1 heterocycles. The van der Waals surface area contributed by atoms with Crippen LogP contribution in [0, 0.1) is 0 Å². The lowest BCUT2D eigenvalue weighted by atomic mass is 10.0. The summed E-state index contributed by atoms with van der Waals surface area (Å²) < 4.78 is 11.2. The monoisotopic (exact) mass is 387 g/mol. The molecule has 4 rings (SSSR count). The number of H-pyrrole nitrogens is 1. The second kappa shape index (κ2) is 8.10. The largest absolute Gasteiger partial charge is 0.497 e. The number of rotatable bonds is 7. The molecule has 0 amide bonds. The Bertz CT molecular complexity index is 1150. The van der Waals surface area contributed by atoms with Crippen LogP contribution in [-0.4, -0.2) is 23.2 Å². The second-order valence-corrected chi connectivity index (χ2v) is 6.76. The molecule has 0 saturated heterocycles. The van der Waals surface area contributed by atoms with Crippen molar-refractivity contribution in [1.82, 2.24) is 4.98 Å². The van der Waals surface area contributed by atoms with Gasteiger partial charge in [-0.1, -0.05) is 42.5 Å². The molecule has 146 valence electrons. The van der Waals surface area contributed by atoms with Crippen LogP contribution < -0.4 is 9.47 Å². The number of aromatic amines is 1. The first kappa shape index (κ1) is 18.6. The van der Waals surface area contributed by atoms with Crippen LogP contribution >= 0.6 is 0 Å². The SMILES string of the molecule is COc1ccc2[nH]c(-c3cccc(OCc4ccccc4)c3)c(CC(=O)O)c2c1. The van der Waals surface area contributed by atoms with Gasteiger partial charge >= 0.3 is 5.97 Å². The fourth-order valence-corrected chi connectivity index (χ4v) is 3.42. The predicted octanol–water partition coefficient (Wildman–Crippen LogP) is 5.05. The third kappa shape index (κ3) is 4.09. The van der Waals surface area contributed by atoms with Gasteiger partial charge in [0.25, 0.3) is 0 Å². The Labute approximate surface area is 168 Å². The highest BCUT2D eigenvalue weighted by Gasteiger charge is 2.17. The zero-order chi connectivity index (χ0) is 20.2. The van der Waals surface area contributed by atoms with Crippen molar-refractivity contribution in [3.05, 3.63) is 83.9 Å². The summed E-state index contributed by atoms with van der Waals surface area (Å²) in [6.07, 6.45) is -0.0857. The Balaban J connectivity index is 1.71. The van der Waals surface area contributed by atoms with Crippen molar-refractivity contribution in [3.63, 3.8) is 0 Å². The number of aromatic nitrogens is 1. The first-order chi connectivity index (χ1) is 14.1. The lowest BCUT2D eigenvalue weighted by Crippen LogP contribution is -2.01. The summed E-state index contributed by atoms with van der Waals surface area (Å²) in [5.74, 6) is 0.532. The molecule has 0 aliphatic heterocycles. The number of aliphatic carboxylic acids is 1. The van der Waals surface area contributed by atoms with Crippen LogP contribution in [0.3, 0.4) is 0 Å². The molecule has 0 unspecified atom stereocenters. The van der Waals surface area contributed by atoms with Gasteiger partial charge in [-0.3, -0.25) is 4.79 Å². The van der Waals surface area contributed by atoms with Gasteiger partial charge in [0.1, 0.15) is 18.1 Å². The molecule has 0 aliphatic carbocycles. The van der Waals surface area contributed by atoms with Crippen molar-refractivity contribution in [3.8, 4) is 22.8 Å². The van der Waals surface area contributed by atoms with E-state index in [0.717, 1.165) is 39.0 Å². The van der Waals surface area contributed by atoms with Crippen molar-refractivity contribution in [2.24, 2.45) is 0 Å². The summed E-state index contributed by atoms with van der Waals surface area (Å²) in [6.45, 7) is 0.468. The van der Waals surface area contributed by atoms with E-state index in [1.165, 1.54) is 0 Å². The molecule has 0 atom stereocenters. The van der Waals surface area contributed by atoms with Crippen molar-refractivity contribution in [2.75, 3.05) is 7.11 Å². The smallest absolute Gasteiger partial charge is 0.307 e. The molecule has 0 spiro atoms. The molecule has 4 aromatic rings. The van der Waals surface area contributed by atoms with E-state index >= 15 is 0 Å². The van der Waals surface area contributed by atoms with Crippen LogP contribution in [0.4, 0.5) is 0 Å². The van der Waals surface area contributed by atoms with Gasteiger partial charge in [0, 0.05) is 16.5 Å². The highest BCUT2D eigenvalue weighted by molar-refractivity contribution is 5.94. The van der Waals surface area contributed by atoms with E-state index in [1.807, 2.05) is 72.8 Å². The minimum Gasteiger partial charge on any atom is -0.497 e. The summed E-state index contributed by atoms with van der Waals surface area (Å²) >= 11 is 0. The molecule has 0 radical (unpaired) electrons. The van der Waals surface area contributed by atoms with Crippen molar-refractivity contribution >= 4 is 16.9 Å². The summed E-state index contributed by atoms with van der Waals surface area (Å²) in [6, 6.07) is 23.3. The zero-order valence-electron chi connectivity index (χ0n) is 16.0. The minimum atomic E-state index is -0.883.